The summed E-state index contributed by atoms with van der Waals surface area (Å²) >= 11 is 15.1. The standard InChI is InChI=1S/C21H18Cl2IN3O2/c22-16-9-14(24)5-6-18(16)25-19-11-20(27-7-1-2-8-27)17(23)10-15(19)21(28)26-29-12-13-3-4-13/h1-2,5-11,13,25H,3-4,12H2,(H,26,28). The van der Waals surface area contributed by atoms with E-state index in [0.29, 0.717) is 39.5 Å². The van der Waals surface area contributed by atoms with Crippen molar-refractivity contribution >= 4 is 63.1 Å². The molecule has 1 fully saturated rings. The number of hydrogen-bond acceptors (Lipinski definition) is 3. The van der Waals surface area contributed by atoms with Gasteiger partial charge in [-0.25, -0.2) is 5.48 Å². The maximum absolute atomic E-state index is 12.8. The van der Waals surface area contributed by atoms with Gasteiger partial charge >= 0.3 is 0 Å². The van der Waals surface area contributed by atoms with Crippen molar-refractivity contribution in [2.24, 2.45) is 5.92 Å². The number of nitrogens with one attached hydrogen (secondary N) is 2. The SMILES string of the molecule is O=C(NOCC1CC1)c1cc(Cl)c(-n2cccc2)cc1Nc1ccc(I)cc1Cl. The average molecular weight is 542 g/mol. The van der Waals surface area contributed by atoms with Crippen molar-refractivity contribution in [1.29, 1.82) is 0 Å². The topological polar surface area (TPSA) is 55.3 Å². The minimum atomic E-state index is -0.365. The number of amides is 1. The van der Waals surface area contributed by atoms with Crippen LogP contribution in [-0.4, -0.2) is 17.1 Å². The van der Waals surface area contributed by atoms with Crippen LogP contribution in [0.2, 0.25) is 10.0 Å². The number of carbonyl (C=O) groups excluding carboxylic acids is 1. The van der Waals surface area contributed by atoms with Crippen LogP contribution in [0.25, 0.3) is 5.69 Å². The van der Waals surface area contributed by atoms with Crippen molar-refractivity contribution < 1.29 is 9.63 Å². The number of halogens is 3. The monoisotopic (exact) mass is 541 g/mol. The van der Waals surface area contributed by atoms with Crippen LogP contribution < -0.4 is 10.8 Å². The van der Waals surface area contributed by atoms with Crippen molar-refractivity contribution in [1.82, 2.24) is 10.0 Å². The lowest BCUT2D eigenvalue weighted by atomic mass is 10.1. The predicted molar refractivity (Wildman–Crippen MR) is 124 cm³/mol. The highest BCUT2D eigenvalue weighted by Gasteiger charge is 2.23. The molecule has 1 aromatic heterocycles. The summed E-state index contributed by atoms with van der Waals surface area (Å²) in [4.78, 5) is 18.1. The van der Waals surface area contributed by atoms with Gasteiger partial charge in [-0.05, 0) is 83.8 Å². The molecule has 1 heterocycles. The second kappa shape index (κ2) is 8.95. The molecule has 4 rings (SSSR count). The molecule has 1 aliphatic rings. The largest absolute Gasteiger partial charge is 0.354 e. The van der Waals surface area contributed by atoms with Gasteiger partial charge in [0, 0.05) is 16.0 Å². The minimum absolute atomic E-state index is 0.365. The molecule has 0 aliphatic heterocycles. The molecule has 8 heteroatoms. The maximum atomic E-state index is 12.8. The number of hydroxylamine groups is 1. The van der Waals surface area contributed by atoms with Gasteiger partial charge in [0.1, 0.15) is 0 Å². The van der Waals surface area contributed by atoms with Crippen LogP contribution in [0, 0.1) is 9.49 Å². The Morgan fingerprint density at radius 3 is 2.55 bits per heavy atom. The molecule has 1 amide bonds. The molecule has 1 aliphatic carbocycles. The summed E-state index contributed by atoms with van der Waals surface area (Å²) in [5.74, 6) is 0.175. The Morgan fingerprint density at radius 2 is 1.86 bits per heavy atom. The molecule has 1 saturated carbocycles. The minimum Gasteiger partial charge on any atom is -0.354 e. The summed E-state index contributed by atoms with van der Waals surface area (Å²) in [7, 11) is 0. The number of anilines is 2. The first-order valence-electron chi connectivity index (χ1n) is 9.12. The summed E-state index contributed by atoms with van der Waals surface area (Å²) in [5, 5.41) is 4.28. The van der Waals surface area contributed by atoms with Crippen molar-refractivity contribution in [2.45, 2.75) is 12.8 Å². The maximum Gasteiger partial charge on any atom is 0.277 e. The molecule has 2 aromatic carbocycles. The van der Waals surface area contributed by atoms with E-state index in [9.17, 15) is 4.79 Å². The second-order valence-electron chi connectivity index (χ2n) is 6.87. The van der Waals surface area contributed by atoms with Crippen molar-refractivity contribution in [3.05, 3.63) is 74.0 Å². The van der Waals surface area contributed by atoms with Gasteiger partial charge in [-0.2, -0.15) is 0 Å². The van der Waals surface area contributed by atoms with Gasteiger partial charge in [-0.3, -0.25) is 9.63 Å². The first kappa shape index (κ1) is 20.5. The van der Waals surface area contributed by atoms with Gasteiger partial charge in [0.25, 0.3) is 5.91 Å². The normalized spacial score (nSPS) is 13.3. The van der Waals surface area contributed by atoms with E-state index in [1.54, 1.807) is 6.07 Å². The Bertz CT molecular complexity index is 1040. The van der Waals surface area contributed by atoms with Gasteiger partial charge in [0.05, 0.1) is 39.3 Å². The molecule has 0 radical (unpaired) electrons. The first-order chi connectivity index (χ1) is 14.0. The second-order valence-corrected chi connectivity index (χ2v) is 8.93. The van der Waals surface area contributed by atoms with Crippen LogP contribution >= 0.6 is 45.8 Å². The zero-order valence-corrected chi connectivity index (χ0v) is 19.0. The Labute approximate surface area is 192 Å². The molecule has 3 aromatic rings. The zero-order valence-electron chi connectivity index (χ0n) is 15.3. The Morgan fingerprint density at radius 1 is 1.10 bits per heavy atom. The van der Waals surface area contributed by atoms with E-state index >= 15 is 0 Å². The van der Waals surface area contributed by atoms with Gasteiger partial charge < -0.3 is 9.88 Å². The fraction of sp³-hybridized carbons (Fsp3) is 0.190. The highest BCUT2D eigenvalue weighted by molar-refractivity contribution is 14.1. The summed E-state index contributed by atoms with van der Waals surface area (Å²) in [6, 6.07) is 12.9. The van der Waals surface area contributed by atoms with E-state index in [0.717, 1.165) is 22.1 Å². The molecule has 150 valence electrons. The van der Waals surface area contributed by atoms with E-state index in [4.69, 9.17) is 28.0 Å². The molecular formula is C21H18Cl2IN3O2. The molecule has 29 heavy (non-hydrogen) atoms. The molecule has 0 saturated heterocycles. The van der Waals surface area contributed by atoms with Crippen LogP contribution in [0.5, 0.6) is 0 Å². The van der Waals surface area contributed by atoms with Gasteiger partial charge in [-0.15, -0.1) is 0 Å². The fourth-order valence-corrected chi connectivity index (χ4v) is 4.01. The van der Waals surface area contributed by atoms with Crippen molar-refractivity contribution in [3.8, 4) is 5.69 Å². The van der Waals surface area contributed by atoms with Crippen LogP contribution in [0.15, 0.2) is 54.9 Å². The molecule has 0 bridgehead atoms. The molecule has 0 atom stereocenters. The third-order valence-corrected chi connectivity index (χ3v) is 5.88. The molecule has 2 N–H and O–H groups in total. The predicted octanol–water partition coefficient (Wildman–Crippen LogP) is 6.20. The van der Waals surface area contributed by atoms with Crippen LogP contribution in [-0.2, 0) is 4.84 Å². The Hall–Kier alpha value is -1.74. The Balaban J connectivity index is 1.67. The molecule has 5 nitrogen and oxygen atoms in total. The van der Waals surface area contributed by atoms with E-state index in [2.05, 4.69) is 33.4 Å². The Kier molecular flexibility index (Phi) is 6.34. The molecule has 0 unspecified atom stereocenters. The van der Waals surface area contributed by atoms with Gasteiger partial charge in [0.2, 0.25) is 0 Å². The quantitative estimate of drug-likeness (QED) is 0.276. The fourth-order valence-electron chi connectivity index (χ4n) is 2.85. The lowest BCUT2D eigenvalue weighted by molar-refractivity contribution is 0.0271. The van der Waals surface area contributed by atoms with Crippen molar-refractivity contribution in [2.75, 3.05) is 11.9 Å². The average Bonchev–Trinajstić information content (AvgIpc) is 3.35. The summed E-state index contributed by atoms with van der Waals surface area (Å²) in [6.07, 6.45) is 6.07. The number of aromatic nitrogens is 1. The summed E-state index contributed by atoms with van der Waals surface area (Å²) in [6.45, 7) is 0.520. The van der Waals surface area contributed by atoms with E-state index in [-0.39, 0.29) is 5.91 Å². The number of hydrogen-bond donors (Lipinski definition) is 2. The van der Waals surface area contributed by atoms with E-state index < -0.39 is 0 Å². The molecular weight excluding hydrogens is 524 g/mol. The van der Waals surface area contributed by atoms with Crippen LogP contribution in [0.4, 0.5) is 11.4 Å². The first-order valence-corrected chi connectivity index (χ1v) is 11.0. The van der Waals surface area contributed by atoms with E-state index in [1.165, 1.54) is 0 Å². The molecule has 0 spiro atoms. The number of nitrogens with zero attached hydrogens (tertiary/aromatic N) is 1. The highest BCUT2D eigenvalue weighted by Crippen LogP contribution is 2.33. The number of benzene rings is 2. The third-order valence-electron chi connectivity index (χ3n) is 4.60. The number of carbonyl (C=O) groups is 1. The van der Waals surface area contributed by atoms with Gasteiger partial charge in [-0.1, -0.05) is 23.2 Å². The number of rotatable bonds is 7. The smallest absolute Gasteiger partial charge is 0.277 e. The van der Waals surface area contributed by atoms with E-state index in [1.807, 2.05) is 53.4 Å². The van der Waals surface area contributed by atoms with Crippen LogP contribution in [0.3, 0.4) is 0 Å². The van der Waals surface area contributed by atoms with Gasteiger partial charge in [0.15, 0.2) is 0 Å². The summed E-state index contributed by atoms with van der Waals surface area (Å²) in [5.41, 5.74) is 4.91. The van der Waals surface area contributed by atoms with Crippen LogP contribution in [0.1, 0.15) is 23.2 Å². The third kappa shape index (κ3) is 5.06. The lowest BCUT2D eigenvalue weighted by Crippen LogP contribution is -2.25. The summed E-state index contributed by atoms with van der Waals surface area (Å²) < 4.78 is 2.91. The highest BCUT2D eigenvalue weighted by atomic mass is 127. The zero-order chi connectivity index (χ0) is 20.4. The van der Waals surface area contributed by atoms with Crippen molar-refractivity contribution in [3.63, 3.8) is 0 Å². The lowest BCUT2D eigenvalue weighted by Gasteiger charge is -2.17.